The molecule has 18 rings (SSSR count). The molecule has 0 radical (unpaired) electrons. The van der Waals surface area contributed by atoms with Crippen molar-refractivity contribution in [3.63, 3.8) is 0 Å². The molecule has 0 aliphatic carbocycles. The normalized spacial score (nSPS) is 15.0. The maximum atomic E-state index is 8.12. The molecule has 0 N–H and O–H groups in total. The largest absolute Gasteiger partial charge is 0.458 e. The standard InChI is InChI=1S/C112H126B3N5O/c1-103(2,3)67-31-43-77(44-32-67)116-88-53-41-72(108(16,17)18)55-82(88)113-84-63-85-91(65-90(84)118(79-47-35-69(36-48-79)105(7,8)9)95-59-74(110(22,23)24)57-93(116)100(95)113)119(80-49-37-70(38-50-80)106(10,11)12)97-61-76(112(28,29)30)62-99-102(97)115(85)87-64-86-92(66-98(87)121-99)120(81-51-39-71(40-52-81)107(13,14)15)96-60-75(111(25,26)27)58-94-101(96)114(86)83-56-73(109(19,20)21)42-54-89(83)117(94)78-45-33-68(34-46-78)104(4,5)6/h31-66H,1-30H3. The Kier molecular flexibility index (Phi) is 18.3. The van der Waals surface area contributed by atoms with Crippen molar-refractivity contribution >= 4 is 155 Å². The van der Waals surface area contributed by atoms with Gasteiger partial charge in [-0.05, 0) is 274 Å². The lowest BCUT2D eigenvalue weighted by atomic mass is 9.29. The number of rotatable bonds is 5. The van der Waals surface area contributed by atoms with Crippen molar-refractivity contribution in [2.24, 2.45) is 0 Å². The van der Waals surface area contributed by atoms with E-state index in [1.807, 2.05) is 0 Å². The average Bonchev–Trinajstić information content (AvgIpc) is 0.679. The lowest BCUT2D eigenvalue weighted by molar-refractivity contribution is 0.483. The molecule has 0 saturated heterocycles. The topological polar surface area (TPSA) is 25.4 Å². The molecule has 121 heavy (non-hydrogen) atoms. The highest BCUT2D eigenvalue weighted by Gasteiger charge is 2.52. The Morgan fingerprint density at radius 1 is 0.165 bits per heavy atom. The van der Waals surface area contributed by atoms with E-state index in [-0.39, 0.29) is 74.3 Å². The van der Waals surface area contributed by atoms with Gasteiger partial charge >= 0.3 is 0 Å². The second kappa shape index (κ2) is 27.1. The molecule has 0 saturated carbocycles. The first kappa shape index (κ1) is 81.6. The Hall–Kier alpha value is -10.4. The highest BCUT2D eigenvalue weighted by molar-refractivity contribution is 7.04. The van der Waals surface area contributed by atoms with Crippen molar-refractivity contribution in [3.8, 4) is 11.5 Å². The molecule has 6 nitrogen and oxygen atoms in total. The number of nitrogens with zero attached hydrogens (tertiary/aromatic N) is 5. The Balaban J connectivity index is 0.986. The number of fused-ring (bicyclic) bond motifs is 12. The van der Waals surface area contributed by atoms with Crippen LogP contribution in [0.5, 0.6) is 11.5 Å². The van der Waals surface area contributed by atoms with Gasteiger partial charge in [-0.2, -0.15) is 0 Å². The van der Waals surface area contributed by atoms with Gasteiger partial charge in [-0.25, -0.2) is 0 Å². The predicted octanol–water partition coefficient (Wildman–Crippen LogP) is 25.2. The van der Waals surface area contributed by atoms with Crippen LogP contribution in [0.3, 0.4) is 0 Å². The number of ether oxygens (including phenoxy) is 1. The molecule has 12 aromatic rings. The summed E-state index contributed by atoms with van der Waals surface area (Å²) in [5.41, 5.74) is 40.4. The minimum absolute atomic E-state index is 0.0276. The summed E-state index contributed by atoms with van der Waals surface area (Å²) in [7, 11) is 0. The van der Waals surface area contributed by atoms with Crippen LogP contribution in [0.4, 0.5) is 85.3 Å². The quantitative estimate of drug-likeness (QED) is 0.159. The van der Waals surface area contributed by atoms with Gasteiger partial charge in [0.05, 0.1) is 0 Å². The minimum Gasteiger partial charge on any atom is -0.458 e. The Morgan fingerprint density at radius 3 is 0.653 bits per heavy atom. The van der Waals surface area contributed by atoms with Gasteiger partial charge in [0, 0.05) is 91.4 Å². The summed E-state index contributed by atoms with van der Waals surface area (Å²) in [6, 6.07) is 88.5. The minimum atomic E-state index is -0.311. The summed E-state index contributed by atoms with van der Waals surface area (Å²) in [6.07, 6.45) is 0. The van der Waals surface area contributed by atoms with E-state index < -0.39 is 0 Å². The van der Waals surface area contributed by atoms with Crippen molar-refractivity contribution in [1.82, 2.24) is 0 Å². The molecule has 6 heterocycles. The molecule has 0 atom stereocenters. The molecule has 0 amide bonds. The van der Waals surface area contributed by atoms with E-state index >= 15 is 0 Å². The first-order chi connectivity index (χ1) is 56.3. The smallest absolute Gasteiger partial charge is 0.256 e. The van der Waals surface area contributed by atoms with Crippen LogP contribution in [-0.4, -0.2) is 20.1 Å². The van der Waals surface area contributed by atoms with Crippen molar-refractivity contribution < 1.29 is 4.74 Å². The number of hydrogen-bond acceptors (Lipinski definition) is 6. The van der Waals surface area contributed by atoms with Gasteiger partial charge < -0.3 is 29.2 Å². The lowest BCUT2D eigenvalue weighted by Gasteiger charge is -2.47. The van der Waals surface area contributed by atoms with E-state index in [1.54, 1.807) is 0 Å². The van der Waals surface area contributed by atoms with Crippen molar-refractivity contribution in [1.29, 1.82) is 0 Å². The second-order valence-corrected chi connectivity index (χ2v) is 46.5. The molecule has 6 aliphatic heterocycles. The van der Waals surface area contributed by atoms with Crippen LogP contribution in [-0.2, 0) is 54.1 Å². The van der Waals surface area contributed by atoms with Gasteiger partial charge in [-0.1, -0.05) is 305 Å². The molecule has 12 aromatic carbocycles. The van der Waals surface area contributed by atoms with Crippen molar-refractivity contribution in [3.05, 3.63) is 274 Å². The zero-order valence-corrected chi connectivity index (χ0v) is 78.2. The maximum Gasteiger partial charge on any atom is 0.256 e. The van der Waals surface area contributed by atoms with E-state index in [0.717, 1.165) is 57.0 Å². The monoisotopic (exact) mass is 1590 g/mol. The number of benzene rings is 12. The van der Waals surface area contributed by atoms with Gasteiger partial charge in [-0.15, -0.1) is 0 Å². The van der Waals surface area contributed by atoms with Crippen LogP contribution < -0.4 is 78.4 Å². The zero-order chi connectivity index (χ0) is 86.6. The molecular formula is C112H126B3N5O. The molecule has 614 valence electrons. The average molecular weight is 1590 g/mol. The summed E-state index contributed by atoms with van der Waals surface area (Å²) >= 11 is 0. The van der Waals surface area contributed by atoms with Gasteiger partial charge in [0.15, 0.2) is 0 Å². The Labute approximate surface area is 726 Å². The third-order valence-corrected chi connectivity index (χ3v) is 27.4. The molecule has 0 bridgehead atoms. The van der Waals surface area contributed by atoms with Crippen molar-refractivity contribution in [2.45, 2.75) is 262 Å². The van der Waals surface area contributed by atoms with Gasteiger partial charge in [-0.3, -0.25) is 0 Å². The fraction of sp³-hybridized carbons (Fsp3) is 0.357. The predicted molar refractivity (Wildman–Crippen MR) is 527 cm³/mol. The summed E-state index contributed by atoms with van der Waals surface area (Å²) in [5, 5.41) is 0. The molecule has 0 unspecified atom stereocenters. The molecular weight excluding hydrogens is 1460 g/mol. The molecule has 0 spiro atoms. The van der Waals surface area contributed by atoms with Crippen LogP contribution in [0.25, 0.3) is 0 Å². The SMILES string of the molecule is CC(C)(C)c1ccc(N2c3cc4c(cc3B3c5cc6c(cc5Oc5cc(C(C)(C)C)cc2c53)N(c2ccc(C(C)(C)C)cc2)c2cc(C(C)(C)C)cc3c2B6c2cc(C(C)(C)C)ccc2N3c2ccc(C(C)(C)C)cc2)B2c3cc(C(C)(C)C)ccc3N(c3ccc(C(C)(C)C)cc3)c3cc(C(C)(C)C)cc(c32)N4c2ccc(C(C)(C)C)cc2)cc1. The molecule has 0 aromatic heterocycles. The third-order valence-electron chi connectivity index (χ3n) is 27.4. The summed E-state index contributed by atoms with van der Waals surface area (Å²) in [6.45, 7) is 70.0. The van der Waals surface area contributed by atoms with Gasteiger partial charge in [0.1, 0.15) is 11.5 Å². The fourth-order valence-corrected chi connectivity index (χ4v) is 19.9. The van der Waals surface area contributed by atoms with E-state index in [1.165, 1.54) is 145 Å². The molecule has 0 fully saturated rings. The van der Waals surface area contributed by atoms with Crippen molar-refractivity contribution in [2.75, 3.05) is 24.5 Å². The van der Waals surface area contributed by atoms with Crippen LogP contribution >= 0.6 is 0 Å². The highest BCUT2D eigenvalue weighted by atomic mass is 16.5. The molecule has 9 heteroatoms. The Morgan fingerprint density at radius 2 is 0.380 bits per heavy atom. The van der Waals surface area contributed by atoms with E-state index in [2.05, 4.69) is 451 Å². The third kappa shape index (κ3) is 13.6. The zero-order valence-electron chi connectivity index (χ0n) is 78.2. The van der Waals surface area contributed by atoms with Gasteiger partial charge in [0.2, 0.25) is 0 Å². The van der Waals surface area contributed by atoms with E-state index in [9.17, 15) is 0 Å². The highest BCUT2D eigenvalue weighted by Crippen LogP contribution is 2.54. The first-order valence-corrected chi connectivity index (χ1v) is 44.7. The summed E-state index contributed by atoms with van der Waals surface area (Å²) < 4.78 is 8.12. The van der Waals surface area contributed by atoms with Crippen LogP contribution in [0.1, 0.15) is 263 Å². The van der Waals surface area contributed by atoms with Crippen LogP contribution in [0.15, 0.2) is 218 Å². The molecule has 6 aliphatic rings. The van der Waals surface area contributed by atoms with Crippen LogP contribution in [0, 0.1) is 0 Å². The number of anilines is 15. The maximum absolute atomic E-state index is 8.12. The fourth-order valence-electron chi connectivity index (χ4n) is 19.9. The summed E-state index contributed by atoms with van der Waals surface area (Å²) in [5.74, 6) is 1.77. The van der Waals surface area contributed by atoms with E-state index in [0.29, 0.717) is 0 Å². The summed E-state index contributed by atoms with van der Waals surface area (Å²) in [4.78, 5) is 13.2. The van der Waals surface area contributed by atoms with Crippen LogP contribution in [0.2, 0.25) is 0 Å². The second-order valence-electron chi connectivity index (χ2n) is 46.5. The number of hydrogen-bond donors (Lipinski definition) is 0. The lowest BCUT2D eigenvalue weighted by Crippen LogP contribution is -2.66. The van der Waals surface area contributed by atoms with E-state index in [4.69, 9.17) is 4.74 Å². The van der Waals surface area contributed by atoms with Gasteiger partial charge in [0.25, 0.3) is 20.1 Å². The first-order valence-electron chi connectivity index (χ1n) is 44.7. The Bertz CT molecular complexity index is 6220.